The molecule has 1 N–H and O–H groups in total. The van der Waals surface area contributed by atoms with Gasteiger partial charge < -0.3 is 14.4 Å². The Labute approximate surface area is 163 Å². The maximum atomic E-state index is 5.62. The molecular formula is C21H23N3O2S. The first-order valence-corrected chi connectivity index (χ1v) is 9.87. The third-order valence-corrected chi connectivity index (χ3v) is 6.20. The van der Waals surface area contributed by atoms with Crippen LogP contribution >= 0.6 is 11.8 Å². The first-order valence-electron chi connectivity index (χ1n) is 8.99. The van der Waals surface area contributed by atoms with E-state index in [0.29, 0.717) is 5.25 Å². The smallest absolute Gasteiger partial charge is 0.123 e. The zero-order valence-electron chi connectivity index (χ0n) is 15.5. The first kappa shape index (κ1) is 17.8. The molecule has 2 heterocycles. The lowest BCUT2D eigenvalue weighted by molar-refractivity contribution is 0.409. The van der Waals surface area contributed by atoms with Gasteiger partial charge in [0.2, 0.25) is 0 Å². The molecule has 1 aromatic heterocycles. The van der Waals surface area contributed by atoms with Crippen LogP contribution in [-0.2, 0) is 6.54 Å². The monoisotopic (exact) mass is 381 g/mol. The van der Waals surface area contributed by atoms with Gasteiger partial charge in [0.25, 0.3) is 0 Å². The van der Waals surface area contributed by atoms with Crippen molar-refractivity contribution in [3.8, 4) is 11.5 Å². The van der Waals surface area contributed by atoms with Gasteiger partial charge in [0.1, 0.15) is 11.5 Å². The Morgan fingerprint density at radius 3 is 2.81 bits per heavy atom. The van der Waals surface area contributed by atoms with Crippen molar-refractivity contribution in [1.82, 2.24) is 10.2 Å². The predicted octanol–water partition coefficient (Wildman–Crippen LogP) is 4.67. The van der Waals surface area contributed by atoms with Gasteiger partial charge in [-0.25, -0.2) is 0 Å². The maximum Gasteiger partial charge on any atom is 0.123 e. The average molecular weight is 382 g/mol. The van der Waals surface area contributed by atoms with Gasteiger partial charge in [-0.3, -0.25) is 5.10 Å². The maximum absolute atomic E-state index is 5.62. The Morgan fingerprint density at radius 2 is 2.04 bits per heavy atom. The second-order valence-electron chi connectivity index (χ2n) is 6.47. The molecule has 0 radical (unpaired) electrons. The number of thioether (sulfide) groups is 1. The Morgan fingerprint density at radius 1 is 1.15 bits per heavy atom. The fourth-order valence-electron chi connectivity index (χ4n) is 3.48. The van der Waals surface area contributed by atoms with Crippen LogP contribution in [-0.4, -0.2) is 31.0 Å². The first-order chi connectivity index (χ1) is 13.3. The normalized spacial score (nSPS) is 16.5. The number of aromatic amines is 1. The van der Waals surface area contributed by atoms with E-state index in [4.69, 9.17) is 9.47 Å². The number of fused-ring (bicyclic) bond motifs is 1. The molecule has 0 saturated heterocycles. The van der Waals surface area contributed by atoms with Gasteiger partial charge in [-0.15, -0.1) is 11.8 Å². The molecule has 140 valence electrons. The van der Waals surface area contributed by atoms with Crippen LogP contribution in [0.3, 0.4) is 0 Å². The van der Waals surface area contributed by atoms with Crippen LogP contribution in [0.5, 0.6) is 11.5 Å². The minimum atomic E-state index is 0.318. The minimum Gasteiger partial charge on any atom is -0.497 e. The summed E-state index contributed by atoms with van der Waals surface area (Å²) in [5.74, 6) is 1.82. The summed E-state index contributed by atoms with van der Waals surface area (Å²) in [5, 5.41) is 7.48. The van der Waals surface area contributed by atoms with E-state index in [9.17, 15) is 0 Å². The van der Waals surface area contributed by atoms with E-state index in [0.717, 1.165) is 36.7 Å². The second-order valence-corrected chi connectivity index (χ2v) is 7.72. The summed E-state index contributed by atoms with van der Waals surface area (Å²) in [6, 6.07) is 16.7. The highest BCUT2D eigenvalue weighted by molar-refractivity contribution is 7.99. The predicted molar refractivity (Wildman–Crippen MR) is 109 cm³/mol. The van der Waals surface area contributed by atoms with Crippen molar-refractivity contribution in [1.29, 1.82) is 0 Å². The highest BCUT2D eigenvalue weighted by Crippen LogP contribution is 2.48. The second kappa shape index (κ2) is 7.96. The van der Waals surface area contributed by atoms with E-state index in [-0.39, 0.29) is 0 Å². The van der Waals surface area contributed by atoms with E-state index >= 15 is 0 Å². The lowest BCUT2D eigenvalue weighted by Crippen LogP contribution is -2.24. The van der Waals surface area contributed by atoms with Crippen LogP contribution in [0.25, 0.3) is 0 Å². The van der Waals surface area contributed by atoms with Crippen molar-refractivity contribution < 1.29 is 9.47 Å². The number of aromatic nitrogens is 2. The van der Waals surface area contributed by atoms with Crippen LogP contribution in [0.15, 0.2) is 59.6 Å². The number of nitrogens with one attached hydrogen (secondary N) is 1. The minimum absolute atomic E-state index is 0.318. The van der Waals surface area contributed by atoms with E-state index in [1.165, 1.54) is 16.1 Å². The lowest BCUT2D eigenvalue weighted by Gasteiger charge is -2.24. The molecule has 1 aliphatic rings. The molecule has 0 fully saturated rings. The molecule has 2 aromatic carbocycles. The number of methoxy groups -OCH3 is 2. The highest BCUT2D eigenvalue weighted by Gasteiger charge is 2.26. The molecular weight excluding hydrogens is 358 g/mol. The number of para-hydroxylation sites is 1. The Balaban J connectivity index is 1.70. The summed E-state index contributed by atoms with van der Waals surface area (Å²) in [4.78, 5) is 3.63. The van der Waals surface area contributed by atoms with E-state index in [1.54, 1.807) is 20.4 Å². The topological polar surface area (TPSA) is 50.4 Å². The van der Waals surface area contributed by atoms with Gasteiger partial charge in [0.15, 0.2) is 0 Å². The van der Waals surface area contributed by atoms with Crippen molar-refractivity contribution in [2.24, 2.45) is 0 Å². The number of hydrogen-bond acceptors (Lipinski definition) is 5. The third kappa shape index (κ3) is 3.76. The van der Waals surface area contributed by atoms with Crippen molar-refractivity contribution in [3.63, 3.8) is 0 Å². The molecule has 0 bridgehead atoms. The molecule has 6 heteroatoms. The molecule has 0 unspecified atom stereocenters. The number of nitrogens with zero attached hydrogens (tertiary/aromatic N) is 2. The molecule has 27 heavy (non-hydrogen) atoms. The fourth-order valence-corrected chi connectivity index (χ4v) is 4.83. The number of benzene rings is 2. The summed E-state index contributed by atoms with van der Waals surface area (Å²) in [6.45, 7) is 1.76. The van der Waals surface area contributed by atoms with Crippen LogP contribution in [0.1, 0.15) is 22.9 Å². The van der Waals surface area contributed by atoms with Gasteiger partial charge in [-0.1, -0.05) is 18.2 Å². The molecule has 1 aliphatic heterocycles. The molecule has 3 aromatic rings. The summed E-state index contributed by atoms with van der Waals surface area (Å²) >= 11 is 1.88. The highest BCUT2D eigenvalue weighted by atomic mass is 32.2. The van der Waals surface area contributed by atoms with Crippen molar-refractivity contribution in [3.05, 3.63) is 66.0 Å². The number of anilines is 1. The SMILES string of the molecule is COc1ccc2c(c1)S[C@H](c1ccccc1OC)CCN2Cc1ccn[nH]1. The number of H-pyrrole nitrogens is 1. The zero-order valence-corrected chi connectivity index (χ0v) is 16.3. The summed E-state index contributed by atoms with van der Waals surface area (Å²) < 4.78 is 11.1. The molecule has 5 nitrogen and oxygen atoms in total. The fraction of sp³-hybridized carbons (Fsp3) is 0.286. The molecule has 4 rings (SSSR count). The lowest BCUT2D eigenvalue weighted by atomic mass is 10.1. The van der Waals surface area contributed by atoms with Gasteiger partial charge in [0, 0.05) is 28.5 Å². The van der Waals surface area contributed by atoms with Gasteiger partial charge in [-0.05, 0) is 36.8 Å². The summed E-state index contributed by atoms with van der Waals surface area (Å²) in [5.41, 5.74) is 3.58. The van der Waals surface area contributed by atoms with Crippen LogP contribution in [0.2, 0.25) is 0 Å². The standard InChI is InChI=1S/C21H23N3O2S/c1-25-16-7-8-18-21(13-16)27-20(17-5-3-4-6-19(17)26-2)10-12-24(18)14-15-9-11-22-23-15/h3-9,11,13,20H,10,12,14H2,1-2H3,(H,22,23)/t20-/m0/s1. The van der Waals surface area contributed by atoms with Crippen LogP contribution in [0.4, 0.5) is 5.69 Å². The number of ether oxygens (including phenoxy) is 2. The average Bonchev–Trinajstić information content (AvgIpc) is 3.16. The van der Waals surface area contributed by atoms with Crippen molar-refractivity contribution in [2.45, 2.75) is 23.1 Å². The van der Waals surface area contributed by atoms with Crippen LogP contribution in [0, 0.1) is 0 Å². The molecule has 0 saturated carbocycles. The molecule has 0 aliphatic carbocycles. The Hall–Kier alpha value is -2.60. The Kier molecular flexibility index (Phi) is 5.25. The molecule has 0 spiro atoms. The van der Waals surface area contributed by atoms with Gasteiger partial charge in [0.05, 0.1) is 32.1 Å². The van der Waals surface area contributed by atoms with Crippen LogP contribution < -0.4 is 14.4 Å². The van der Waals surface area contributed by atoms with Crippen molar-refractivity contribution >= 4 is 17.4 Å². The summed E-state index contributed by atoms with van der Waals surface area (Å²) in [7, 11) is 3.45. The van der Waals surface area contributed by atoms with Gasteiger partial charge in [-0.2, -0.15) is 5.10 Å². The largest absolute Gasteiger partial charge is 0.497 e. The Bertz CT molecular complexity index is 898. The van der Waals surface area contributed by atoms with E-state index in [1.807, 2.05) is 36.0 Å². The zero-order chi connectivity index (χ0) is 18.6. The number of hydrogen-bond donors (Lipinski definition) is 1. The van der Waals surface area contributed by atoms with E-state index in [2.05, 4.69) is 39.4 Å². The third-order valence-electron chi connectivity index (χ3n) is 4.84. The summed E-state index contributed by atoms with van der Waals surface area (Å²) in [6.07, 6.45) is 2.82. The van der Waals surface area contributed by atoms with Gasteiger partial charge >= 0.3 is 0 Å². The number of rotatable bonds is 5. The molecule has 1 atom stereocenters. The van der Waals surface area contributed by atoms with E-state index < -0.39 is 0 Å². The van der Waals surface area contributed by atoms with Crippen molar-refractivity contribution in [2.75, 3.05) is 25.7 Å². The quantitative estimate of drug-likeness (QED) is 0.696. The molecule has 0 amide bonds.